The number of nitrogens with zero attached hydrogens (tertiary/aromatic N) is 4. The molecule has 1 unspecified atom stereocenters. The van der Waals surface area contributed by atoms with Gasteiger partial charge >= 0.3 is 0 Å². The van der Waals surface area contributed by atoms with E-state index in [0.717, 1.165) is 12.4 Å². The molecule has 0 bridgehead atoms. The molecule has 1 aliphatic heterocycles. The number of fused-ring (bicyclic) bond motifs is 1. The van der Waals surface area contributed by atoms with Gasteiger partial charge in [0.1, 0.15) is 6.17 Å². The van der Waals surface area contributed by atoms with E-state index >= 15 is 0 Å². The fourth-order valence-corrected chi connectivity index (χ4v) is 2.51. The van der Waals surface area contributed by atoms with Crippen molar-refractivity contribution in [1.82, 2.24) is 9.88 Å². The topological polar surface area (TPSA) is 22.6 Å². The molecule has 1 aromatic rings. The van der Waals surface area contributed by atoms with Gasteiger partial charge in [-0.15, -0.1) is 0 Å². The minimum atomic E-state index is 0.370. The lowest BCUT2D eigenvalue weighted by Crippen LogP contribution is -2.50. The van der Waals surface area contributed by atoms with E-state index in [1.165, 1.54) is 5.69 Å². The summed E-state index contributed by atoms with van der Waals surface area (Å²) in [6, 6.07) is 4.65. The Morgan fingerprint density at radius 3 is 2.71 bits per heavy atom. The molecule has 0 aromatic carbocycles. The lowest BCUT2D eigenvalue weighted by molar-refractivity contribution is 0.357. The number of rotatable bonds is 3. The summed E-state index contributed by atoms with van der Waals surface area (Å²) in [7, 11) is 6.36. The molecule has 0 spiro atoms. The Morgan fingerprint density at radius 1 is 1.41 bits per heavy atom. The molecule has 0 N–H and O–H groups in total. The van der Waals surface area contributed by atoms with Gasteiger partial charge in [0, 0.05) is 25.8 Å². The van der Waals surface area contributed by atoms with E-state index in [9.17, 15) is 0 Å². The number of hydrogen-bond acceptors (Lipinski definition) is 4. The van der Waals surface area contributed by atoms with Crippen LogP contribution in [0.4, 0.5) is 11.5 Å². The predicted octanol–water partition coefficient (Wildman–Crippen LogP) is 1.63. The summed E-state index contributed by atoms with van der Waals surface area (Å²) < 4.78 is 0. The third-order valence-electron chi connectivity index (χ3n) is 3.23. The maximum atomic E-state index is 4.50. The number of hydrogen-bond donors (Lipinski definition) is 0. The number of aromatic nitrogens is 1. The second-order valence-corrected chi connectivity index (χ2v) is 5.20. The van der Waals surface area contributed by atoms with Crippen molar-refractivity contribution < 1.29 is 0 Å². The first-order valence-electron chi connectivity index (χ1n) is 6.13. The van der Waals surface area contributed by atoms with Crippen LogP contribution < -0.4 is 9.80 Å². The molecule has 2 rings (SSSR count). The second-order valence-electron chi connectivity index (χ2n) is 5.20. The number of likely N-dealkylation sites (N-methyl/N-ethyl adjacent to an activating group) is 2. The van der Waals surface area contributed by atoms with Crippen molar-refractivity contribution in [2.75, 3.05) is 37.5 Å². The molecule has 0 amide bonds. The van der Waals surface area contributed by atoms with Crippen molar-refractivity contribution >= 4 is 11.5 Å². The van der Waals surface area contributed by atoms with Crippen molar-refractivity contribution in [2.45, 2.75) is 26.1 Å². The van der Waals surface area contributed by atoms with Crippen molar-refractivity contribution in [2.24, 2.45) is 0 Å². The highest BCUT2D eigenvalue weighted by molar-refractivity contribution is 5.73. The largest absolute Gasteiger partial charge is 0.345 e. The van der Waals surface area contributed by atoms with Crippen LogP contribution in [0, 0.1) is 0 Å². The van der Waals surface area contributed by atoms with Crippen LogP contribution in [0.5, 0.6) is 0 Å². The molecule has 4 nitrogen and oxygen atoms in total. The van der Waals surface area contributed by atoms with Gasteiger partial charge in [0.25, 0.3) is 0 Å². The molecular weight excluding hydrogens is 212 g/mol. The molecule has 94 valence electrons. The first-order chi connectivity index (χ1) is 8.02. The van der Waals surface area contributed by atoms with Gasteiger partial charge in [-0.3, -0.25) is 0 Å². The highest BCUT2D eigenvalue weighted by atomic mass is 15.5. The number of anilines is 2. The molecule has 0 aliphatic carbocycles. The predicted molar refractivity (Wildman–Crippen MR) is 72.6 cm³/mol. The second kappa shape index (κ2) is 4.53. The highest BCUT2D eigenvalue weighted by Gasteiger charge is 2.35. The summed E-state index contributed by atoms with van der Waals surface area (Å²) in [5, 5.41) is 0. The third kappa shape index (κ3) is 2.09. The van der Waals surface area contributed by atoms with E-state index in [-0.39, 0.29) is 0 Å². The Kier molecular flexibility index (Phi) is 3.24. The van der Waals surface area contributed by atoms with E-state index in [0.29, 0.717) is 12.2 Å². The minimum Gasteiger partial charge on any atom is -0.345 e. The van der Waals surface area contributed by atoms with Crippen LogP contribution in [0.15, 0.2) is 18.3 Å². The Morgan fingerprint density at radius 2 is 2.12 bits per heavy atom. The molecule has 2 heterocycles. The monoisotopic (exact) mass is 234 g/mol. The zero-order valence-corrected chi connectivity index (χ0v) is 11.4. The van der Waals surface area contributed by atoms with Gasteiger partial charge in [-0.05, 0) is 40.1 Å². The Balaban J connectivity index is 2.37. The summed E-state index contributed by atoms with van der Waals surface area (Å²) in [5.74, 6) is 1.09. The fraction of sp³-hybridized carbons (Fsp3) is 0.615. The van der Waals surface area contributed by atoms with E-state index < -0.39 is 0 Å². The number of pyridine rings is 1. The summed E-state index contributed by atoms with van der Waals surface area (Å²) in [5.41, 5.74) is 1.25. The maximum absolute atomic E-state index is 4.50. The molecule has 4 heteroatoms. The lowest BCUT2D eigenvalue weighted by Gasteiger charge is -2.35. The Labute approximate surface area is 104 Å². The van der Waals surface area contributed by atoms with E-state index in [1.807, 2.05) is 12.3 Å². The van der Waals surface area contributed by atoms with Crippen molar-refractivity contribution in [1.29, 1.82) is 0 Å². The van der Waals surface area contributed by atoms with Gasteiger partial charge in [0.2, 0.25) is 0 Å². The van der Waals surface area contributed by atoms with Crippen LogP contribution in [0.25, 0.3) is 0 Å². The van der Waals surface area contributed by atoms with Gasteiger partial charge < -0.3 is 14.7 Å². The third-order valence-corrected chi connectivity index (χ3v) is 3.23. The zero-order chi connectivity index (χ0) is 12.6. The summed E-state index contributed by atoms with van der Waals surface area (Å²) >= 11 is 0. The van der Waals surface area contributed by atoms with Crippen LogP contribution in [0.2, 0.25) is 0 Å². The fourth-order valence-electron chi connectivity index (χ4n) is 2.51. The molecule has 17 heavy (non-hydrogen) atoms. The van der Waals surface area contributed by atoms with Crippen LogP contribution in [0.3, 0.4) is 0 Å². The quantitative estimate of drug-likeness (QED) is 0.793. The van der Waals surface area contributed by atoms with Gasteiger partial charge in [-0.2, -0.15) is 0 Å². The summed E-state index contributed by atoms with van der Waals surface area (Å²) in [4.78, 5) is 11.4. The van der Waals surface area contributed by atoms with Crippen molar-refractivity contribution in [3.8, 4) is 0 Å². The maximum Gasteiger partial charge on any atom is 0.153 e. The van der Waals surface area contributed by atoms with Crippen molar-refractivity contribution in [3.05, 3.63) is 18.3 Å². The van der Waals surface area contributed by atoms with Crippen LogP contribution in [-0.4, -0.2) is 49.8 Å². The average molecular weight is 234 g/mol. The zero-order valence-electron chi connectivity index (χ0n) is 11.4. The molecule has 0 radical (unpaired) electrons. The first kappa shape index (κ1) is 12.2. The van der Waals surface area contributed by atoms with Crippen LogP contribution in [0.1, 0.15) is 13.8 Å². The molecule has 1 aromatic heterocycles. The van der Waals surface area contributed by atoms with Gasteiger partial charge in [-0.1, -0.05) is 0 Å². The van der Waals surface area contributed by atoms with E-state index in [4.69, 9.17) is 0 Å². The average Bonchev–Trinajstić information content (AvgIpc) is 2.52. The van der Waals surface area contributed by atoms with E-state index in [2.05, 4.69) is 60.7 Å². The Bertz CT molecular complexity index is 389. The summed E-state index contributed by atoms with van der Waals surface area (Å²) in [6.07, 6.45) is 2.24. The minimum absolute atomic E-state index is 0.370. The molecule has 0 fully saturated rings. The van der Waals surface area contributed by atoms with Gasteiger partial charge in [0.15, 0.2) is 5.82 Å². The molecule has 0 saturated heterocycles. The van der Waals surface area contributed by atoms with E-state index in [1.54, 1.807) is 0 Å². The summed E-state index contributed by atoms with van der Waals surface area (Å²) in [6.45, 7) is 5.47. The van der Waals surface area contributed by atoms with Crippen LogP contribution in [-0.2, 0) is 0 Å². The lowest BCUT2D eigenvalue weighted by atomic mass is 10.2. The Hall–Kier alpha value is -1.29. The smallest absolute Gasteiger partial charge is 0.153 e. The SMILES string of the molecule is CC(C)N1c2cccnc2N(C)C1CN(C)C. The molecular formula is C13H22N4. The molecule has 0 saturated carbocycles. The molecule has 1 atom stereocenters. The normalized spacial score (nSPS) is 19.4. The van der Waals surface area contributed by atoms with Crippen LogP contribution >= 0.6 is 0 Å². The standard InChI is InChI=1S/C13H22N4/c1-10(2)17-11-7-6-8-14-13(11)16(5)12(17)9-15(3)4/h6-8,10,12H,9H2,1-5H3. The first-order valence-corrected chi connectivity index (χ1v) is 6.13. The van der Waals surface area contributed by atoms with Crippen molar-refractivity contribution in [3.63, 3.8) is 0 Å². The van der Waals surface area contributed by atoms with Gasteiger partial charge in [0.05, 0.1) is 5.69 Å². The van der Waals surface area contributed by atoms with Gasteiger partial charge in [-0.25, -0.2) is 4.98 Å². The molecule has 1 aliphatic rings. The highest BCUT2D eigenvalue weighted by Crippen LogP contribution is 2.37.